The highest BCUT2D eigenvalue weighted by Gasteiger charge is 2.31. The first kappa shape index (κ1) is 28.0. The van der Waals surface area contributed by atoms with Gasteiger partial charge in [-0.3, -0.25) is 13.9 Å². The molecule has 2 rings (SSSR count). The van der Waals surface area contributed by atoms with Gasteiger partial charge in [0.05, 0.1) is 11.9 Å². The lowest BCUT2D eigenvalue weighted by atomic mass is 10.1. The van der Waals surface area contributed by atoms with Crippen LogP contribution < -0.4 is 9.62 Å². The third kappa shape index (κ3) is 8.18. The molecule has 0 radical (unpaired) electrons. The number of nitrogens with zero attached hydrogens (tertiary/aromatic N) is 2. The Bertz CT molecular complexity index is 1090. The first-order valence-corrected chi connectivity index (χ1v) is 13.6. The predicted octanol–water partition coefficient (Wildman–Crippen LogP) is 4.34. The Morgan fingerprint density at radius 2 is 1.68 bits per heavy atom. The van der Waals surface area contributed by atoms with E-state index in [0.717, 1.165) is 16.1 Å². The predicted molar refractivity (Wildman–Crippen MR) is 138 cm³/mol. The smallest absolute Gasteiger partial charge is 0.244 e. The molecule has 1 unspecified atom stereocenters. The van der Waals surface area contributed by atoms with Gasteiger partial charge in [-0.05, 0) is 48.2 Å². The van der Waals surface area contributed by atoms with E-state index in [1.165, 1.54) is 11.0 Å². The zero-order valence-electron chi connectivity index (χ0n) is 19.8. The number of halogens is 2. The van der Waals surface area contributed by atoms with Gasteiger partial charge >= 0.3 is 0 Å². The highest BCUT2D eigenvalue weighted by molar-refractivity contribution is 7.92. The van der Waals surface area contributed by atoms with Crippen molar-refractivity contribution in [2.45, 2.75) is 39.8 Å². The normalized spacial score (nSPS) is 12.3. The molecule has 1 N–H and O–H groups in total. The maximum Gasteiger partial charge on any atom is 0.244 e. The molecule has 0 saturated heterocycles. The molecule has 2 amide bonds. The van der Waals surface area contributed by atoms with Crippen molar-refractivity contribution >= 4 is 50.7 Å². The summed E-state index contributed by atoms with van der Waals surface area (Å²) in [5.41, 5.74) is 1.04. The summed E-state index contributed by atoms with van der Waals surface area (Å²) in [7, 11) is -3.81. The average Bonchev–Trinajstić information content (AvgIpc) is 2.76. The van der Waals surface area contributed by atoms with Crippen LogP contribution in [0.1, 0.15) is 32.8 Å². The lowest BCUT2D eigenvalue weighted by Gasteiger charge is -2.33. The van der Waals surface area contributed by atoms with Gasteiger partial charge in [-0.15, -0.1) is 0 Å². The third-order valence-corrected chi connectivity index (χ3v) is 6.74. The summed E-state index contributed by atoms with van der Waals surface area (Å²) in [5.74, 6) is -0.551. The number of rotatable bonds is 11. The Morgan fingerprint density at radius 3 is 2.21 bits per heavy atom. The number of sulfonamides is 1. The molecule has 0 aliphatic rings. The minimum absolute atomic E-state index is 0.122. The molecule has 0 aromatic heterocycles. The molecule has 34 heavy (non-hydrogen) atoms. The Labute approximate surface area is 212 Å². The molecule has 0 saturated carbocycles. The summed E-state index contributed by atoms with van der Waals surface area (Å²) in [6.45, 7) is 5.89. The first-order chi connectivity index (χ1) is 15.9. The van der Waals surface area contributed by atoms with Crippen LogP contribution in [0.3, 0.4) is 0 Å². The van der Waals surface area contributed by atoms with Gasteiger partial charge in [-0.2, -0.15) is 0 Å². The molecule has 0 heterocycles. The van der Waals surface area contributed by atoms with Crippen LogP contribution >= 0.6 is 23.2 Å². The summed E-state index contributed by atoms with van der Waals surface area (Å²) in [6, 6.07) is 12.4. The van der Waals surface area contributed by atoms with Crippen LogP contribution in [0.2, 0.25) is 10.0 Å². The topological polar surface area (TPSA) is 86.8 Å². The lowest BCUT2D eigenvalue weighted by molar-refractivity contribution is -0.140. The fourth-order valence-electron chi connectivity index (χ4n) is 3.37. The van der Waals surface area contributed by atoms with E-state index < -0.39 is 28.5 Å². The Hall–Kier alpha value is -2.29. The Morgan fingerprint density at radius 1 is 1.03 bits per heavy atom. The number of carbonyl (C=O) groups is 2. The van der Waals surface area contributed by atoms with Gasteiger partial charge in [-0.1, -0.05) is 62.2 Å². The summed E-state index contributed by atoms with van der Waals surface area (Å²) in [4.78, 5) is 28.0. The molecule has 7 nitrogen and oxygen atoms in total. The summed E-state index contributed by atoms with van der Waals surface area (Å²) >= 11 is 12.0. The minimum atomic E-state index is -3.81. The summed E-state index contributed by atoms with van der Waals surface area (Å²) < 4.78 is 26.1. The number of hydrogen-bond donors (Lipinski definition) is 1. The molecule has 1 atom stereocenters. The van der Waals surface area contributed by atoms with E-state index >= 15 is 0 Å². The van der Waals surface area contributed by atoms with Crippen molar-refractivity contribution in [3.63, 3.8) is 0 Å². The van der Waals surface area contributed by atoms with Crippen molar-refractivity contribution in [3.05, 3.63) is 64.1 Å². The SMILES string of the molecule is CCC(C(=O)NCC(C)C)N(Cc1ccc(Cl)cc1)C(=O)CN(c1cccc(Cl)c1)S(C)(=O)=O. The van der Waals surface area contributed by atoms with Gasteiger partial charge in [0.15, 0.2) is 0 Å². The fourth-order valence-corrected chi connectivity index (χ4v) is 4.53. The van der Waals surface area contributed by atoms with Crippen LogP contribution in [-0.2, 0) is 26.2 Å². The van der Waals surface area contributed by atoms with Crippen molar-refractivity contribution in [1.82, 2.24) is 10.2 Å². The van der Waals surface area contributed by atoms with Crippen LogP contribution in [0.25, 0.3) is 0 Å². The zero-order valence-corrected chi connectivity index (χ0v) is 22.1. The second-order valence-corrected chi connectivity index (χ2v) is 11.2. The molecular weight excluding hydrogens is 497 g/mol. The molecular formula is C24H31Cl2N3O4S. The number of hydrogen-bond acceptors (Lipinski definition) is 4. The molecule has 0 aliphatic heterocycles. The van der Waals surface area contributed by atoms with Gasteiger partial charge in [-0.25, -0.2) is 8.42 Å². The van der Waals surface area contributed by atoms with E-state index in [-0.39, 0.29) is 24.1 Å². The van der Waals surface area contributed by atoms with Crippen molar-refractivity contribution in [2.75, 3.05) is 23.7 Å². The van der Waals surface area contributed by atoms with Crippen LogP contribution in [-0.4, -0.2) is 50.5 Å². The van der Waals surface area contributed by atoms with E-state index in [4.69, 9.17) is 23.2 Å². The number of benzene rings is 2. The van der Waals surface area contributed by atoms with Crippen LogP contribution in [0.15, 0.2) is 48.5 Å². The van der Waals surface area contributed by atoms with Gasteiger partial charge in [0, 0.05) is 23.1 Å². The highest BCUT2D eigenvalue weighted by Crippen LogP contribution is 2.23. The average molecular weight is 529 g/mol. The summed E-state index contributed by atoms with van der Waals surface area (Å²) in [5, 5.41) is 3.78. The lowest BCUT2D eigenvalue weighted by Crippen LogP contribution is -2.52. The van der Waals surface area contributed by atoms with E-state index in [0.29, 0.717) is 23.0 Å². The Kier molecular flexibility index (Phi) is 10.2. The maximum absolute atomic E-state index is 13.6. The quantitative estimate of drug-likeness (QED) is 0.470. The number of anilines is 1. The number of amides is 2. The van der Waals surface area contributed by atoms with Crippen molar-refractivity contribution in [2.24, 2.45) is 5.92 Å². The van der Waals surface area contributed by atoms with Crippen LogP contribution in [0.4, 0.5) is 5.69 Å². The molecule has 186 valence electrons. The largest absolute Gasteiger partial charge is 0.354 e. The van der Waals surface area contributed by atoms with Crippen molar-refractivity contribution in [1.29, 1.82) is 0 Å². The van der Waals surface area contributed by atoms with E-state index in [1.807, 2.05) is 20.8 Å². The molecule has 0 bridgehead atoms. The van der Waals surface area contributed by atoms with Crippen LogP contribution in [0, 0.1) is 5.92 Å². The molecule has 10 heteroatoms. The maximum atomic E-state index is 13.6. The van der Waals surface area contributed by atoms with Gasteiger partial charge < -0.3 is 10.2 Å². The standard InChI is InChI=1S/C24H31Cl2N3O4S/c1-5-22(24(31)27-14-17(2)3)28(15-18-9-11-19(25)12-10-18)23(30)16-29(34(4,32)33)21-8-6-7-20(26)13-21/h6-13,17,22H,5,14-16H2,1-4H3,(H,27,31). The molecule has 2 aromatic rings. The minimum Gasteiger partial charge on any atom is -0.354 e. The van der Waals surface area contributed by atoms with Crippen molar-refractivity contribution in [3.8, 4) is 0 Å². The highest BCUT2D eigenvalue weighted by atomic mass is 35.5. The third-order valence-electron chi connectivity index (χ3n) is 5.11. The molecule has 0 aliphatic carbocycles. The van der Waals surface area contributed by atoms with Gasteiger partial charge in [0.25, 0.3) is 0 Å². The summed E-state index contributed by atoms with van der Waals surface area (Å²) in [6.07, 6.45) is 1.39. The van der Waals surface area contributed by atoms with Crippen molar-refractivity contribution < 1.29 is 18.0 Å². The van der Waals surface area contributed by atoms with Gasteiger partial charge in [0.2, 0.25) is 21.8 Å². The van der Waals surface area contributed by atoms with E-state index in [2.05, 4.69) is 5.32 Å². The second-order valence-electron chi connectivity index (χ2n) is 8.46. The molecule has 0 fully saturated rings. The molecule has 2 aromatic carbocycles. The second kappa shape index (κ2) is 12.4. The monoisotopic (exact) mass is 527 g/mol. The Balaban J connectivity index is 2.41. The van der Waals surface area contributed by atoms with E-state index in [9.17, 15) is 18.0 Å². The van der Waals surface area contributed by atoms with E-state index in [1.54, 1.807) is 42.5 Å². The zero-order chi connectivity index (χ0) is 25.5. The molecule has 0 spiro atoms. The number of nitrogens with one attached hydrogen (secondary N) is 1. The van der Waals surface area contributed by atoms with Gasteiger partial charge in [0.1, 0.15) is 12.6 Å². The fraction of sp³-hybridized carbons (Fsp3) is 0.417. The first-order valence-electron chi connectivity index (χ1n) is 11.0. The van der Waals surface area contributed by atoms with Crippen LogP contribution in [0.5, 0.6) is 0 Å². The number of carbonyl (C=O) groups excluding carboxylic acids is 2.